The second-order valence-electron chi connectivity index (χ2n) is 3.42. The van der Waals surface area contributed by atoms with Gasteiger partial charge in [-0.05, 0) is 19.1 Å². The summed E-state index contributed by atoms with van der Waals surface area (Å²) in [5.74, 6) is 5.01. The van der Waals surface area contributed by atoms with Gasteiger partial charge in [0.05, 0.1) is 15.8 Å². The molecule has 2 heterocycles. The molecular formula is C11H11ClN4O2S. The van der Waals surface area contributed by atoms with Crippen LogP contribution in [0.1, 0.15) is 17.3 Å². The Morgan fingerprint density at radius 3 is 2.95 bits per heavy atom. The summed E-state index contributed by atoms with van der Waals surface area (Å²) in [6, 6.07) is 3.51. The maximum absolute atomic E-state index is 11.9. The van der Waals surface area contributed by atoms with Crippen LogP contribution >= 0.6 is 22.9 Å². The third-order valence-corrected chi connectivity index (χ3v) is 3.46. The topological polar surface area (TPSA) is 90.1 Å². The Labute approximate surface area is 118 Å². The maximum atomic E-state index is 11.9. The molecule has 6 nitrogen and oxygen atoms in total. The highest BCUT2D eigenvalue weighted by atomic mass is 35.5. The molecule has 2 aromatic rings. The minimum Gasteiger partial charge on any atom is -0.462 e. The highest BCUT2D eigenvalue weighted by Gasteiger charge is 2.18. The number of carbonyl (C=O) groups is 1. The summed E-state index contributed by atoms with van der Waals surface area (Å²) >= 11 is 7.20. The average molecular weight is 299 g/mol. The van der Waals surface area contributed by atoms with Gasteiger partial charge in [0.2, 0.25) is 5.95 Å². The highest BCUT2D eigenvalue weighted by Crippen LogP contribution is 2.32. The minimum atomic E-state index is -0.481. The number of aromatic nitrogens is 2. The summed E-state index contributed by atoms with van der Waals surface area (Å²) in [5.41, 5.74) is 3.06. The molecule has 3 N–H and O–H groups in total. The van der Waals surface area contributed by atoms with E-state index in [1.54, 1.807) is 19.1 Å². The van der Waals surface area contributed by atoms with Crippen molar-refractivity contribution in [3.63, 3.8) is 0 Å². The lowest BCUT2D eigenvalue weighted by atomic mass is 10.2. The average Bonchev–Trinajstić information content (AvgIpc) is 2.85. The van der Waals surface area contributed by atoms with Crippen molar-refractivity contribution in [2.45, 2.75) is 6.92 Å². The monoisotopic (exact) mass is 298 g/mol. The van der Waals surface area contributed by atoms with E-state index in [0.717, 1.165) is 4.88 Å². The van der Waals surface area contributed by atoms with Crippen molar-refractivity contribution in [3.05, 3.63) is 28.2 Å². The highest BCUT2D eigenvalue weighted by molar-refractivity contribution is 7.19. The van der Waals surface area contributed by atoms with Gasteiger partial charge in [-0.2, -0.15) is 0 Å². The zero-order valence-electron chi connectivity index (χ0n) is 10.0. The predicted octanol–water partition coefficient (Wildman–Crippen LogP) is 2.32. The molecule has 0 aliphatic heterocycles. The number of nitrogens with one attached hydrogen (secondary N) is 1. The molecule has 19 heavy (non-hydrogen) atoms. The lowest BCUT2D eigenvalue weighted by Crippen LogP contribution is -2.14. The molecule has 0 spiro atoms. The van der Waals surface area contributed by atoms with Gasteiger partial charge in [0.15, 0.2) is 0 Å². The zero-order chi connectivity index (χ0) is 13.8. The van der Waals surface area contributed by atoms with Crippen molar-refractivity contribution in [2.75, 3.05) is 12.0 Å². The molecule has 0 aromatic carbocycles. The van der Waals surface area contributed by atoms with Crippen LogP contribution in [0.2, 0.25) is 4.34 Å². The van der Waals surface area contributed by atoms with Crippen molar-refractivity contribution in [1.82, 2.24) is 9.97 Å². The van der Waals surface area contributed by atoms with E-state index in [-0.39, 0.29) is 18.1 Å². The maximum Gasteiger partial charge on any atom is 0.341 e. The summed E-state index contributed by atoms with van der Waals surface area (Å²) in [6.45, 7) is 2.01. The Morgan fingerprint density at radius 2 is 2.37 bits per heavy atom. The number of thiophene rings is 1. The number of halogens is 1. The first-order chi connectivity index (χ1) is 9.15. The number of nitrogen functional groups attached to an aromatic ring is 1. The summed E-state index contributed by atoms with van der Waals surface area (Å²) in [6.07, 6.45) is 1.38. The van der Waals surface area contributed by atoms with Gasteiger partial charge in [-0.3, -0.25) is 5.43 Å². The van der Waals surface area contributed by atoms with Gasteiger partial charge in [0.25, 0.3) is 0 Å². The van der Waals surface area contributed by atoms with Crippen LogP contribution in [-0.4, -0.2) is 22.5 Å². The van der Waals surface area contributed by atoms with Gasteiger partial charge in [0, 0.05) is 6.20 Å². The number of rotatable bonds is 4. The largest absolute Gasteiger partial charge is 0.462 e. The van der Waals surface area contributed by atoms with E-state index in [0.29, 0.717) is 10.0 Å². The first-order valence-electron chi connectivity index (χ1n) is 5.42. The number of ether oxygens (including phenoxy) is 1. The quantitative estimate of drug-likeness (QED) is 0.511. The molecular weight excluding hydrogens is 288 g/mol. The van der Waals surface area contributed by atoms with Crippen molar-refractivity contribution >= 4 is 34.9 Å². The molecule has 0 aliphatic carbocycles. The van der Waals surface area contributed by atoms with Crippen molar-refractivity contribution in [1.29, 1.82) is 0 Å². The Balaban J connectivity index is 2.51. The van der Waals surface area contributed by atoms with Crippen LogP contribution < -0.4 is 11.3 Å². The third kappa shape index (κ3) is 3.01. The lowest BCUT2D eigenvalue weighted by Gasteiger charge is -2.07. The molecule has 0 radical (unpaired) electrons. The first-order valence-corrected chi connectivity index (χ1v) is 6.61. The molecule has 0 bridgehead atoms. The number of nitrogens with zero attached hydrogens (tertiary/aromatic N) is 2. The Morgan fingerprint density at radius 1 is 1.58 bits per heavy atom. The Kier molecular flexibility index (Phi) is 4.31. The van der Waals surface area contributed by atoms with Crippen molar-refractivity contribution in [2.24, 2.45) is 5.84 Å². The number of carbonyl (C=O) groups excluding carboxylic acids is 1. The van der Waals surface area contributed by atoms with E-state index < -0.39 is 5.97 Å². The van der Waals surface area contributed by atoms with Crippen LogP contribution in [0.15, 0.2) is 18.3 Å². The van der Waals surface area contributed by atoms with E-state index in [1.807, 2.05) is 0 Å². The minimum absolute atomic E-state index is 0.215. The number of nitrogens with two attached hydrogens (primary N) is 1. The number of anilines is 1. The molecule has 2 rings (SSSR count). The summed E-state index contributed by atoms with van der Waals surface area (Å²) in [5, 5.41) is 0. The van der Waals surface area contributed by atoms with E-state index in [4.69, 9.17) is 22.2 Å². The fourth-order valence-electron chi connectivity index (χ4n) is 1.44. The summed E-state index contributed by atoms with van der Waals surface area (Å²) < 4.78 is 5.57. The van der Waals surface area contributed by atoms with Gasteiger partial charge in [0.1, 0.15) is 11.3 Å². The van der Waals surface area contributed by atoms with Crippen molar-refractivity contribution in [3.8, 4) is 10.6 Å². The van der Waals surface area contributed by atoms with Gasteiger partial charge in [-0.15, -0.1) is 11.3 Å². The smallest absolute Gasteiger partial charge is 0.341 e. The van der Waals surface area contributed by atoms with Gasteiger partial charge < -0.3 is 4.74 Å². The van der Waals surface area contributed by atoms with Crippen LogP contribution in [0, 0.1) is 0 Å². The second kappa shape index (κ2) is 5.96. The number of hydrogen-bond acceptors (Lipinski definition) is 7. The second-order valence-corrected chi connectivity index (χ2v) is 5.14. The lowest BCUT2D eigenvalue weighted by molar-refractivity contribution is 0.0526. The van der Waals surface area contributed by atoms with Crippen LogP contribution in [-0.2, 0) is 4.74 Å². The molecule has 100 valence electrons. The first kappa shape index (κ1) is 13.7. The van der Waals surface area contributed by atoms with Gasteiger partial charge >= 0.3 is 5.97 Å². The number of hydrogen-bond donors (Lipinski definition) is 2. The predicted molar refractivity (Wildman–Crippen MR) is 74.1 cm³/mol. The molecule has 0 saturated carbocycles. The molecule has 0 saturated heterocycles. The molecule has 2 aromatic heterocycles. The van der Waals surface area contributed by atoms with Crippen LogP contribution in [0.4, 0.5) is 5.95 Å². The molecule has 0 amide bonds. The van der Waals surface area contributed by atoms with Crippen molar-refractivity contribution < 1.29 is 9.53 Å². The SMILES string of the molecule is CCOC(=O)c1cnc(NN)nc1-c1ccc(Cl)s1. The van der Waals surface area contributed by atoms with Gasteiger partial charge in [-0.25, -0.2) is 20.6 Å². The zero-order valence-corrected chi connectivity index (χ0v) is 11.6. The molecule has 0 fully saturated rings. The van der Waals surface area contributed by atoms with Crippen LogP contribution in [0.3, 0.4) is 0 Å². The normalized spacial score (nSPS) is 10.3. The van der Waals surface area contributed by atoms with Crippen LogP contribution in [0.5, 0.6) is 0 Å². The van der Waals surface area contributed by atoms with E-state index in [9.17, 15) is 4.79 Å². The summed E-state index contributed by atoms with van der Waals surface area (Å²) in [4.78, 5) is 20.7. The Bertz CT molecular complexity index is 602. The fourth-order valence-corrected chi connectivity index (χ4v) is 2.49. The number of esters is 1. The van der Waals surface area contributed by atoms with E-state index in [1.165, 1.54) is 17.5 Å². The summed E-state index contributed by atoms with van der Waals surface area (Å²) in [7, 11) is 0. The fraction of sp³-hybridized carbons (Fsp3) is 0.182. The van der Waals surface area contributed by atoms with E-state index >= 15 is 0 Å². The van der Waals surface area contributed by atoms with E-state index in [2.05, 4.69) is 15.4 Å². The standard InChI is InChI=1S/C11H11ClN4O2S/c1-2-18-10(17)6-5-14-11(16-13)15-9(6)7-3-4-8(12)19-7/h3-5H,2,13H2,1H3,(H,14,15,16). The molecule has 0 atom stereocenters. The number of hydrazine groups is 1. The third-order valence-electron chi connectivity index (χ3n) is 2.22. The Hall–Kier alpha value is -1.70. The van der Waals surface area contributed by atoms with Crippen LogP contribution in [0.25, 0.3) is 10.6 Å². The van der Waals surface area contributed by atoms with Gasteiger partial charge in [-0.1, -0.05) is 11.6 Å². The molecule has 0 aliphatic rings. The molecule has 8 heteroatoms. The molecule has 0 unspecified atom stereocenters.